The molecular weight excluding hydrogens is 218 g/mol. The van der Waals surface area contributed by atoms with Crippen LogP contribution in [0.25, 0.3) is 10.2 Å². The number of fused-ring (bicyclic) bond motifs is 1. The maximum atomic E-state index is 5.83. The molecule has 2 rings (SSSR count). The van der Waals surface area contributed by atoms with E-state index in [0.717, 1.165) is 15.3 Å². The second-order valence-corrected chi connectivity index (χ2v) is 5.12. The Balaban J connectivity index is 2.48. The van der Waals surface area contributed by atoms with Crippen LogP contribution in [-0.2, 0) is 0 Å². The molecule has 0 fully saturated rings. The zero-order chi connectivity index (χ0) is 11.7. The van der Waals surface area contributed by atoms with Crippen molar-refractivity contribution >= 4 is 32.5 Å². The van der Waals surface area contributed by atoms with Gasteiger partial charge in [0.15, 0.2) is 0 Å². The number of aromatic nitrogens is 1. The molecule has 3 nitrogen and oxygen atoms in total. The summed E-state index contributed by atoms with van der Waals surface area (Å²) in [6.45, 7) is 6.11. The number of hydrogen-bond acceptors (Lipinski definition) is 3. The molecule has 1 heterocycles. The van der Waals surface area contributed by atoms with Crippen molar-refractivity contribution < 1.29 is 0 Å². The molecule has 16 heavy (non-hydrogen) atoms. The van der Waals surface area contributed by atoms with E-state index in [1.807, 2.05) is 19.9 Å². The predicted octanol–water partition coefficient (Wildman–Crippen LogP) is 3.25. The van der Waals surface area contributed by atoms with Crippen molar-refractivity contribution in [3.63, 3.8) is 0 Å². The molecule has 0 radical (unpaired) electrons. The molecule has 0 aliphatic carbocycles. The first-order valence-electron chi connectivity index (χ1n) is 5.28. The first-order chi connectivity index (χ1) is 7.58. The van der Waals surface area contributed by atoms with E-state index in [9.17, 15) is 0 Å². The number of aryl methyl sites for hydroxylation is 1. The van der Waals surface area contributed by atoms with E-state index in [1.54, 1.807) is 11.3 Å². The molecular formula is C12H15N3S. The third-order valence-corrected chi connectivity index (χ3v) is 3.34. The van der Waals surface area contributed by atoms with Crippen molar-refractivity contribution in [1.82, 2.24) is 4.98 Å². The zero-order valence-electron chi connectivity index (χ0n) is 9.69. The molecule has 0 atom stereocenters. The molecule has 1 aromatic carbocycles. The smallest absolute Gasteiger partial charge is 0.211 e. The third-order valence-electron chi connectivity index (χ3n) is 2.43. The lowest BCUT2D eigenvalue weighted by Gasteiger charge is -2.00. The highest BCUT2D eigenvalue weighted by Crippen LogP contribution is 2.29. The second kappa shape index (κ2) is 4.22. The Morgan fingerprint density at radius 1 is 1.44 bits per heavy atom. The summed E-state index contributed by atoms with van der Waals surface area (Å²) < 4.78 is 1.16. The Morgan fingerprint density at radius 3 is 2.81 bits per heavy atom. The molecule has 0 unspecified atom stereocenters. The van der Waals surface area contributed by atoms with Crippen LogP contribution in [0.2, 0.25) is 0 Å². The van der Waals surface area contributed by atoms with Gasteiger partial charge in [-0.1, -0.05) is 37.3 Å². The maximum absolute atomic E-state index is 5.83. The molecule has 1 aromatic heterocycles. The minimum absolute atomic E-state index is 0.258. The van der Waals surface area contributed by atoms with Crippen LogP contribution in [0.1, 0.15) is 19.4 Å². The summed E-state index contributed by atoms with van der Waals surface area (Å²) in [4.78, 5) is 8.82. The van der Waals surface area contributed by atoms with Crippen LogP contribution in [0.15, 0.2) is 23.2 Å². The Bertz CT molecular complexity index is 540. The summed E-state index contributed by atoms with van der Waals surface area (Å²) in [6, 6.07) is 6.15. The van der Waals surface area contributed by atoms with Gasteiger partial charge in [0.25, 0.3) is 0 Å². The van der Waals surface area contributed by atoms with Gasteiger partial charge in [-0.2, -0.15) is 0 Å². The van der Waals surface area contributed by atoms with E-state index in [-0.39, 0.29) is 5.92 Å². The molecule has 0 aliphatic heterocycles. The van der Waals surface area contributed by atoms with Gasteiger partial charge < -0.3 is 5.73 Å². The number of rotatable bonds is 2. The fourth-order valence-corrected chi connectivity index (χ4v) is 2.30. The van der Waals surface area contributed by atoms with Gasteiger partial charge in [0.05, 0.1) is 10.2 Å². The Kier molecular flexibility index (Phi) is 2.92. The number of aliphatic imine (C=N–C) groups is 1. The number of para-hydroxylation sites is 1. The zero-order valence-corrected chi connectivity index (χ0v) is 10.5. The molecule has 0 aliphatic rings. The van der Waals surface area contributed by atoms with Crippen molar-refractivity contribution in [2.45, 2.75) is 20.8 Å². The number of nitrogens with zero attached hydrogens (tertiary/aromatic N) is 2. The van der Waals surface area contributed by atoms with Gasteiger partial charge in [-0.3, -0.25) is 0 Å². The summed E-state index contributed by atoms with van der Waals surface area (Å²) in [7, 11) is 0. The topological polar surface area (TPSA) is 51.3 Å². The number of hydrogen-bond donors (Lipinski definition) is 1. The SMILES string of the molecule is Cc1cccc2sc(/N=C(\N)C(C)C)nc12. The van der Waals surface area contributed by atoms with Crippen LogP contribution in [0.3, 0.4) is 0 Å². The van der Waals surface area contributed by atoms with Crippen molar-refractivity contribution in [3.05, 3.63) is 23.8 Å². The molecule has 0 spiro atoms. The average molecular weight is 233 g/mol. The lowest BCUT2D eigenvalue weighted by molar-refractivity contribution is 0.872. The van der Waals surface area contributed by atoms with Gasteiger partial charge in [-0.15, -0.1) is 0 Å². The van der Waals surface area contributed by atoms with Gasteiger partial charge in [-0.25, -0.2) is 9.98 Å². The molecule has 4 heteroatoms. The summed E-state index contributed by atoms with van der Waals surface area (Å²) in [6.07, 6.45) is 0. The van der Waals surface area contributed by atoms with E-state index in [1.165, 1.54) is 5.56 Å². The van der Waals surface area contributed by atoms with Crippen molar-refractivity contribution in [2.24, 2.45) is 16.6 Å². The van der Waals surface area contributed by atoms with Gasteiger partial charge in [0.2, 0.25) is 5.13 Å². The van der Waals surface area contributed by atoms with Crippen LogP contribution < -0.4 is 5.73 Å². The minimum atomic E-state index is 0.258. The second-order valence-electron chi connectivity index (χ2n) is 4.11. The lowest BCUT2D eigenvalue weighted by atomic mass is 10.2. The van der Waals surface area contributed by atoms with Crippen molar-refractivity contribution in [2.75, 3.05) is 0 Å². The van der Waals surface area contributed by atoms with Crippen LogP contribution >= 0.6 is 11.3 Å². The van der Waals surface area contributed by atoms with E-state index < -0.39 is 0 Å². The third kappa shape index (κ3) is 2.07. The number of benzene rings is 1. The summed E-state index contributed by atoms with van der Waals surface area (Å²) >= 11 is 1.58. The molecule has 0 saturated carbocycles. The van der Waals surface area contributed by atoms with Gasteiger partial charge in [0.1, 0.15) is 5.84 Å². The number of amidine groups is 1. The molecule has 0 saturated heterocycles. The van der Waals surface area contributed by atoms with Gasteiger partial charge in [-0.05, 0) is 18.6 Å². The van der Waals surface area contributed by atoms with Crippen LogP contribution in [-0.4, -0.2) is 10.8 Å². The Morgan fingerprint density at radius 2 is 2.19 bits per heavy atom. The van der Waals surface area contributed by atoms with E-state index >= 15 is 0 Å². The average Bonchev–Trinajstić information content (AvgIpc) is 2.61. The molecule has 0 bridgehead atoms. The highest BCUT2D eigenvalue weighted by Gasteiger charge is 2.06. The normalized spacial score (nSPS) is 12.6. The quantitative estimate of drug-likeness (QED) is 0.639. The van der Waals surface area contributed by atoms with Crippen molar-refractivity contribution in [1.29, 1.82) is 0 Å². The van der Waals surface area contributed by atoms with Crippen LogP contribution in [0.5, 0.6) is 0 Å². The molecule has 0 amide bonds. The Labute approximate surface area is 99.0 Å². The summed E-state index contributed by atoms with van der Waals surface area (Å²) in [5, 5.41) is 0.746. The monoisotopic (exact) mass is 233 g/mol. The molecule has 2 aromatic rings. The first-order valence-corrected chi connectivity index (χ1v) is 6.10. The van der Waals surface area contributed by atoms with E-state index in [0.29, 0.717) is 5.84 Å². The van der Waals surface area contributed by atoms with Gasteiger partial charge in [0, 0.05) is 5.92 Å². The van der Waals surface area contributed by atoms with Crippen LogP contribution in [0.4, 0.5) is 5.13 Å². The molecule has 84 valence electrons. The predicted molar refractivity (Wildman–Crippen MR) is 70.5 cm³/mol. The fraction of sp³-hybridized carbons (Fsp3) is 0.333. The van der Waals surface area contributed by atoms with Gasteiger partial charge >= 0.3 is 0 Å². The fourth-order valence-electron chi connectivity index (χ4n) is 1.36. The highest BCUT2D eigenvalue weighted by molar-refractivity contribution is 7.22. The number of nitrogens with two attached hydrogens (primary N) is 1. The minimum Gasteiger partial charge on any atom is -0.387 e. The highest BCUT2D eigenvalue weighted by atomic mass is 32.1. The number of thiazole rings is 1. The standard InChI is InChI=1S/C12H15N3S/c1-7(2)11(13)15-12-14-10-8(3)5-4-6-9(10)16-12/h4-7H,1-3H3,(H2,13,14,15). The summed E-state index contributed by atoms with van der Waals surface area (Å²) in [5.74, 6) is 0.893. The molecule has 2 N–H and O–H groups in total. The van der Waals surface area contributed by atoms with Crippen molar-refractivity contribution in [3.8, 4) is 0 Å². The Hall–Kier alpha value is -1.42. The van der Waals surface area contributed by atoms with Crippen LogP contribution in [0, 0.1) is 12.8 Å². The largest absolute Gasteiger partial charge is 0.387 e. The first kappa shape index (κ1) is 11.1. The lowest BCUT2D eigenvalue weighted by Crippen LogP contribution is -2.17. The van der Waals surface area contributed by atoms with E-state index in [2.05, 4.69) is 29.0 Å². The van der Waals surface area contributed by atoms with E-state index in [4.69, 9.17) is 5.73 Å². The summed E-state index contributed by atoms with van der Waals surface area (Å²) in [5.41, 5.74) is 8.03. The maximum Gasteiger partial charge on any atom is 0.211 e.